The van der Waals surface area contributed by atoms with Crippen LogP contribution in [0.1, 0.15) is 41.5 Å². The van der Waals surface area contributed by atoms with Crippen molar-refractivity contribution in [3.63, 3.8) is 0 Å². The highest BCUT2D eigenvalue weighted by Gasteiger charge is 2.20. The van der Waals surface area contributed by atoms with Gasteiger partial charge in [-0.25, -0.2) is 4.98 Å². The van der Waals surface area contributed by atoms with E-state index in [0.717, 1.165) is 55.4 Å². The lowest BCUT2D eigenvalue weighted by Gasteiger charge is -2.11. The van der Waals surface area contributed by atoms with E-state index in [4.69, 9.17) is 15.0 Å². The Hall–Kier alpha value is -2.15. The molecule has 7 heteroatoms. The molecule has 0 amide bonds. The number of nitrogens with one attached hydrogen (secondary N) is 1. The third kappa shape index (κ3) is 3.79. The molecule has 3 rings (SSSR count). The van der Waals surface area contributed by atoms with E-state index in [1.54, 1.807) is 0 Å². The van der Waals surface area contributed by atoms with Crippen LogP contribution in [0.25, 0.3) is 0 Å². The van der Waals surface area contributed by atoms with Gasteiger partial charge in [-0.1, -0.05) is 5.16 Å². The van der Waals surface area contributed by atoms with Crippen LogP contribution in [0.5, 0.6) is 0 Å². The number of nitrogens with two attached hydrogens (primary N) is 1. The van der Waals surface area contributed by atoms with Gasteiger partial charge < -0.3 is 20.3 Å². The van der Waals surface area contributed by atoms with Crippen LogP contribution in [0.4, 0.5) is 11.8 Å². The fraction of sp³-hybridized carbons (Fsp3) is 0.562. The van der Waals surface area contributed by atoms with E-state index in [-0.39, 0.29) is 0 Å². The highest BCUT2D eigenvalue weighted by Crippen LogP contribution is 2.25. The minimum atomic E-state index is 0.308. The Morgan fingerprint density at radius 3 is 2.91 bits per heavy atom. The molecule has 1 saturated heterocycles. The second-order valence-corrected chi connectivity index (χ2v) is 5.93. The van der Waals surface area contributed by atoms with Crippen LogP contribution in [0.2, 0.25) is 0 Å². The Morgan fingerprint density at radius 2 is 2.22 bits per heavy atom. The van der Waals surface area contributed by atoms with Crippen molar-refractivity contribution in [2.75, 3.05) is 30.8 Å². The number of rotatable bonds is 6. The smallest absolute Gasteiger partial charge is 0.222 e. The van der Waals surface area contributed by atoms with E-state index in [1.807, 2.05) is 19.9 Å². The van der Waals surface area contributed by atoms with Crippen molar-refractivity contribution in [3.05, 3.63) is 28.8 Å². The predicted octanol–water partition coefficient (Wildman–Crippen LogP) is 2.21. The second-order valence-electron chi connectivity index (χ2n) is 5.93. The number of aryl methyl sites for hydroxylation is 2. The molecular formula is C16H23N5O2. The molecular weight excluding hydrogens is 294 g/mol. The summed E-state index contributed by atoms with van der Waals surface area (Å²) in [5.41, 5.74) is 8.95. The van der Waals surface area contributed by atoms with Crippen LogP contribution in [0.15, 0.2) is 10.6 Å². The largest absolute Gasteiger partial charge is 0.381 e. The summed E-state index contributed by atoms with van der Waals surface area (Å²) in [5, 5.41) is 7.30. The second kappa shape index (κ2) is 6.95. The standard InChI is InChI=1S/C16H23N5O2/c1-10-13(11(2)23-21-10)4-3-6-18-15-8-14(19-16(17)20-15)12-5-7-22-9-12/h8,12H,3-7,9H2,1-2H3,(H3,17,18,19,20)/t12-/m1/s1. The number of ether oxygens (including phenoxy) is 1. The summed E-state index contributed by atoms with van der Waals surface area (Å²) in [6.07, 6.45) is 2.88. The maximum atomic E-state index is 5.82. The molecule has 3 heterocycles. The Labute approximate surface area is 135 Å². The fourth-order valence-electron chi connectivity index (χ4n) is 2.89. The minimum Gasteiger partial charge on any atom is -0.381 e. The summed E-state index contributed by atoms with van der Waals surface area (Å²) >= 11 is 0. The molecule has 1 fully saturated rings. The van der Waals surface area contributed by atoms with Gasteiger partial charge in [-0.2, -0.15) is 4.98 Å². The number of aromatic nitrogens is 3. The number of hydrogen-bond donors (Lipinski definition) is 2. The highest BCUT2D eigenvalue weighted by molar-refractivity contribution is 5.41. The lowest BCUT2D eigenvalue weighted by atomic mass is 10.0. The van der Waals surface area contributed by atoms with E-state index in [2.05, 4.69) is 20.4 Å². The molecule has 0 spiro atoms. The van der Waals surface area contributed by atoms with Gasteiger partial charge in [0.15, 0.2) is 0 Å². The van der Waals surface area contributed by atoms with Gasteiger partial charge in [0.05, 0.1) is 18.0 Å². The molecule has 23 heavy (non-hydrogen) atoms. The molecule has 124 valence electrons. The maximum absolute atomic E-state index is 5.82. The van der Waals surface area contributed by atoms with Crippen LogP contribution in [-0.2, 0) is 11.2 Å². The molecule has 2 aromatic rings. The molecule has 2 aromatic heterocycles. The molecule has 1 aliphatic heterocycles. The Kier molecular flexibility index (Phi) is 4.76. The molecule has 0 saturated carbocycles. The summed E-state index contributed by atoms with van der Waals surface area (Å²) in [7, 11) is 0. The molecule has 0 radical (unpaired) electrons. The molecule has 0 bridgehead atoms. The summed E-state index contributed by atoms with van der Waals surface area (Å²) in [6.45, 7) is 6.22. The van der Waals surface area contributed by atoms with E-state index in [1.165, 1.54) is 5.56 Å². The minimum absolute atomic E-state index is 0.308. The van der Waals surface area contributed by atoms with Gasteiger partial charge in [-0.3, -0.25) is 0 Å². The normalized spacial score (nSPS) is 17.6. The van der Waals surface area contributed by atoms with Crippen molar-refractivity contribution in [2.45, 2.75) is 39.0 Å². The van der Waals surface area contributed by atoms with Gasteiger partial charge in [-0.05, 0) is 33.1 Å². The van der Waals surface area contributed by atoms with E-state index in [0.29, 0.717) is 18.5 Å². The van der Waals surface area contributed by atoms with E-state index in [9.17, 15) is 0 Å². The monoisotopic (exact) mass is 317 g/mol. The van der Waals surface area contributed by atoms with Crippen molar-refractivity contribution >= 4 is 11.8 Å². The molecule has 0 aromatic carbocycles. The van der Waals surface area contributed by atoms with Gasteiger partial charge in [-0.15, -0.1) is 0 Å². The average Bonchev–Trinajstić information content (AvgIpc) is 3.15. The molecule has 0 unspecified atom stereocenters. The summed E-state index contributed by atoms with van der Waals surface area (Å²) < 4.78 is 10.6. The quantitative estimate of drug-likeness (QED) is 0.788. The first-order chi connectivity index (χ1) is 11.1. The summed E-state index contributed by atoms with van der Waals surface area (Å²) in [5.74, 6) is 2.31. The fourth-order valence-corrected chi connectivity index (χ4v) is 2.89. The first-order valence-corrected chi connectivity index (χ1v) is 8.01. The van der Waals surface area contributed by atoms with Crippen molar-refractivity contribution in [1.29, 1.82) is 0 Å². The van der Waals surface area contributed by atoms with Crippen molar-refractivity contribution in [2.24, 2.45) is 0 Å². The molecule has 0 aliphatic carbocycles. The highest BCUT2D eigenvalue weighted by atomic mass is 16.5. The molecule has 1 aliphatic rings. The number of anilines is 2. The lowest BCUT2D eigenvalue weighted by molar-refractivity contribution is 0.193. The lowest BCUT2D eigenvalue weighted by Crippen LogP contribution is -2.10. The number of nitrogen functional groups attached to an aromatic ring is 1. The Bertz CT molecular complexity index is 645. The molecule has 1 atom stereocenters. The van der Waals surface area contributed by atoms with Gasteiger partial charge in [0.1, 0.15) is 11.6 Å². The van der Waals surface area contributed by atoms with Gasteiger partial charge >= 0.3 is 0 Å². The van der Waals surface area contributed by atoms with Crippen LogP contribution in [0.3, 0.4) is 0 Å². The molecule has 7 nitrogen and oxygen atoms in total. The predicted molar refractivity (Wildman–Crippen MR) is 87.4 cm³/mol. The van der Waals surface area contributed by atoms with Crippen LogP contribution >= 0.6 is 0 Å². The SMILES string of the molecule is Cc1noc(C)c1CCCNc1cc([C@@H]2CCOC2)nc(N)n1. The zero-order valence-electron chi connectivity index (χ0n) is 13.6. The van der Waals surface area contributed by atoms with E-state index >= 15 is 0 Å². The number of nitrogens with zero attached hydrogens (tertiary/aromatic N) is 3. The molecule has 3 N–H and O–H groups in total. The zero-order chi connectivity index (χ0) is 16.2. The number of hydrogen-bond acceptors (Lipinski definition) is 7. The van der Waals surface area contributed by atoms with Crippen LogP contribution in [-0.4, -0.2) is 34.9 Å². The maximum Gasteiger partial charge on any atom is 0.222 e. The van der Waals surface area contributed by atoms with E-state index < -0.39 is 0 Å². The average molecular weight is 317 g/mol. The van der Waals surface area contributed by atoms with Crippen LogP contribution < -0.4 is 11.1 Å². The van der Waals surface area contributed by atoms with Gasteiger partial charge in [0.25, 0.3) is 0 Å². The summed E-state index contributed by atoms with van der Waals surface area (Å²) in [4.78, 5) is 8.59. The van der Waals surface area contributed by atoms with Gasteiger partial charge in [0, 0.05) is 30.7 Å². The first-order valence-electron chi connectivity index (χ1n) is 8.01. The Morgan fingerprint density at radius 1 is 1.35 bits per heavy atom. The van der Waals surface area contributed by atoms with Crippen molar-refractivity contribution in [1.82, 2.24) is 15.1 Å². The first kappa shape index (κ1) is 15.7. The van der Waals surface area contributed by atoms with Crippen molar-refractivity contribution < 1.29 is 9.26 Å². The third-order valence-corrected chi connectivity index (χ3v) is 4.20. The third-order valence-electron chi connectivity index (χ3n) is 4.20. The van der Waals surface area contributed by atoms with Gasteiger partial charge in [0.2, 0.25) is 5.95 Å². The zero-order valence-corrected chi connectivity index (χ0v) is 13.6. The van der Waals surface area contributed by atoms with Crippen molar-refractivity contribution in [3.8, 4) is 0 Å². The Balaban J connectivity index is 1.55. The topological polar surface area (TPSA) is 99.1 Å². The summed E-state index contributed by atoms with van der Waals surface area (Å²) in [6, 6.07) is 1.98. The van der Waals surface area contributed by atoms with Crippen LogP contribution in [0, 0.1) is 13.8 Å².